The fourth-order valence-electron chi connectivity index (χ4n) is 2.92. The van der Waals surface area contributed by atoms with Crippen molar-refractivity contribution >= 4 is 5.91 Å². The number of rotatable bonds is 2. The molecule has 2 atom stereocenters. The van der Waals surface area contributed by atoms with E-state index < -0.39 is 0 Å². The Morgan fingerprint density at radius 1 is 1.06 bits per heavy atom. The van der Waals surface area contributed by atoms with Crippen molar-refractivity contribution in [2.75, 3.05) is 0 Å². The van der Waals surface area contributed by atoms with E-state index in [1.54, 1.807) is 0 Å². The predicted molar refractivity (Wildman–Crippen MR) is 69.9 cm³/mol. The van der Waals surface area contributed by atoms with Crippen LogP contribution in [0.25, 0.3) is 0 Å². The van der Waals surface area contributed by atoms with Crippen molar-refractivity contribution in [2.45, 2.75) is 39.2 Å². The molecule has 2 heteroatoms. The molecule has 1 fully saturated rings. The van der Waals surface area contributed by atoms with Crippen molar-refractivity contribution in [3.05, 3.63) is 35.9 Å². The Balaban J connectivity index is 1.95. The van der Waals surface area contributed by atoms with Gasteiger partial charge in [0.05, 0.1) is 0 Å². The summed E-state index contributed by atoms with van der Waals surface area (Å²) in [5.74, 6) is 1.51. The normalized spacial score (nSPS) is 28.7. The summed E-state index contributed by atoms with van der Waals surface area (Å²) in [5, 5.41) is 3.16. The van der Waals surface area contributed by atoms with Crippen molar-refractivity contribution in [1.82, 2.24) is 5.32 Å². The quantitative estimate of drug-likeness (QED) is 0.831. The van der Waals surface area contributed by atoms with Crippen LogP contribution in [0.5, 0.6) is 0 Å². The van der Waals surface area contributed by atoms with Crippen molar-refractivity contribution in [3.63, 3.8) is 0 Å². The molecule has 0 aliphatic heterocycles. The first-order valence-corrected chi connectivity index (χ1v) is 6.51. The highest BCUT2D eigenvalue weighted by Gasteiger charge is 2.25. The molecule has 1 aromatic carbocycles. The molecule has 17 heavy (non-hydrogen) atoms. The van der Waals surface area contributed by atoms with E-state index >= 15 is 0 Å². The summed E-state index contributed by atoms with van der Waals surface area (Å²) in [6, 6.07) is 9.82. The zero-order chi connectivity index (χ0) is 12.3. The maximum atomic E-state index is 12.0. The minimum atomic E-state index is 0.0666. The van der Waals surface area contributed by atoms with Crippen LogP contribution in [0.2, 0.25) is 0 Å². The van der Waals surface area contributed by atoms with E-state index in [0.29, 0.717) is 6.04 Å². The smallest absolute Gasteiger partial charge is 0.251 e. The monoisotopic (exact) mass is 231 g/mol. The predicted octanol–water partition coefficient (Wildman–Crippen LogP) is 3.24. The lowest BCUT2D eigenvalue weighted by Gasteiger charge is -2.31. The van der Waals surface area contributed by atoms with Gasteiger partial charge in [0, 0.05) is 11.6 Å². The summed E-state index contributed by atoms with van der Waals surface area (Å²) in [6.45, 7) is 4.55. The molecule has 1 aliphatic carbocycles. The Morgan fingerprint density at radius 3 is 2.24 bits per heavy atom. The topological polar surface area (TPSA) is 29.1 Å². The van der Waals surface area contributed by atoms with Gasteiger partial charge in [0.15, 0.2) is 0 Å². The standard InChI is InChI=1S/C15H21NO/c1-11-8-12(2)10-14(9-11)16-15(17)13-6-4-3-5-7-13/h3-7,11-12,14H,8-10H2,1-2H3,(H,16,17). The number of hydrogen-bond acceptors (Lipinski definition) is 1. The lowest BCUT2D eigenvalue weighted by molar-refractivity contribution is 0.0911. The molecule has 0 heterocycles. The Morgan fingerprint density at radius 2 is 1.65 bits per heavy atom. The van der Waals surface area contributed by atoms with E-state index in [1.165, 1.54) is 6.42 Å². The molecule has 1 aromatic rings. The average molecular weight is 231 g/mol. The first-order valence-electron chi connectivity index (χ1n) is 6.51. The second-order valence-electron chi connectivity index (χ2n) is 5.45. The highest BCUT2D eigenvalue weighted by atomic mass is 16.1. The van der Waals surface area contributed by atoms with Crippen molar-refractivity contribution in [3.8, 4) is 0 Å². The number of amides is 1. The number of hydrogen-bond donors (Lipinski definition) is 1. The van der Waals surface area contributed by atoms with E-state index in [-0.39, 0.29) is 5.91 Å². The van der Waals surface area contributed by atoms with Gasteiger partial charge in [-0.1, -0.05) is 32.0 Å². The van der Waals surface area contributed by atoms with Gasteiger partial charge in [-0.25, -0.2) is 0 Å². The van der Waals surface area contributed by atoms with E-state index in [4.69, 9.17) is 0 Å². The Hall–Kier alpha value is -1.31. The van der Waals surface area contributed by atoms with Crippen LogP contribution < -0.4 is 5.32 Å². The number of benzene rings is 1. The van der Waals surface area contributed by atoms with Crippen LogP contribution in [0.4, 0.5) is 0 Å². The van der Waals surface area contributed by atoms with E-state index in [1.807, 2.05) is 30.3 Å². The number of carbonyl (C=O) groups excluding carboxylic acids is 1. The van der Waals surface area contributed by atoms with Gasteiger partial charge in [-0.3, -0.25) is 4.79 Å². The fraction of sp³-hybridized carbons (Fsp3) is 0.533. The van der Waals surface area contributed by atoms with Crippen LogP contribution in [0.15, 0.2) is 30.3 Å². The Kier molecular flexibility index (Phi) is 3.82. The molecule has 92 valence electrons. The third-order valence-corrected chi connectivity index (χ3v) is 3.55. The molecule has 1 N–H and O–H groups in total. The molecule has 1 saturated carbocycles. The van der Waals surface area contributed by atoms with Gasteiger partial charge in [-0.2, -0.15) is 0 Å². The first kappa shape index (κ1) is 12.2. The zero-order valence-corrected chi connectivity index (χ0v) is 10.6. The van der Waals surface area contributed by atoms with Gasteiger partial charge in [0.25, 0.3) is 5.91 Å². The largest absolute Gasteiger partial charge is 0.349 e. The third kappa shape index (κ3) is 3.32. The average Bonchev–Trinajstić information content (AvgIpc) is 2.28. The minimum Gasteiger partial charge on any atom is -0.349 e. The second kappa shape index (κ2) is 5.35. The summed E-state index contributed by atoms with van der Waals surface area (Å²) in [4.78, 5) is 12.0. The van der Waals surface area contributed by atoms with Gasteiger partial charge < -0.3 is 5.32 Å². The third-order valence-electron chi connectivity index (χ3n) is 3.55. The second-order valence-corrected chi connectivity index (χ2v) is 5.45. The Labute approximate surface area is 103 Å². The molecule has 0 spiro atoms. The summed E-state index contributed by atoms with van der Waals surface area (Å²) in [6.07, 6.45) is 3.52. The highest BCUT2D eigenvalue weighted by molar-refractivity contribution is 5.94. The maximum Gasteiger partial charge on any atom is 0.251 e. The number of nitrogens with one attached hydrogen (secondary N) is 1. The van der Waals surface area contributed by atoms with Crippen LogP contribution in [0.1, 0.15) is 43.5 Å². The van der Waals surface area contributed by atoms with Gasteiger partial charge in [-0.05, 0) is 43.2 Å². The molecule has 2 rings (SSSR count). The minimum absolute atomic E-state index is 0.0666. The van der Waals surface area contributed by atoms with E-state index in [0.717, 1.165) is 30.2 Å². The molecule has 0 radical (unpaired) electrons. The van der Waals surface area contributed by atoms with E-state index in [9.17, 15) is 4.79 Å². The molecular formula is C15H21NO. The van der Waals surface area contributed by atoms with Crippen LogP contribution in [-0.2, 0) is 0 Å². The molecule has 1 amide bonds. The lowest BCUT2D eigenvalue weighted by atomic mass is 9.80. The summed E-state index contributed by atoms with van der Waals surface area (Å²) in [5.41, 5.74) is 0.762. The zero-order valence-electron chi connectivity index (χ0n) is 10.6. The van der Waals surface area contributed by atoms with Crippen molar-refractivity contribution < 1.29 is 4.79 Å². The highest BCUT2D eigenvalue weighted by Crippen LogP contribution is 2.28. The van der Waals surface area contributed by atoms with Crippen LogP contribution in [0, 0.1) is 11.8 Å². The molecule has 1 aliphatic rings. The summed E-state index contributed by atoms with van der Waals surface area (Å²) < 4.78 is 0. The molecular weight excluding hydrogens is 210 g/mol. The van der Waals surface area contributed by atoms with Crippen LogP contribution >= 0.6 is 0 Å². The van der Waals surface area contributed by atoms with Crippen molar-refractivity contribution in [1.29, 1.82) is 0 Å². The van der Waals surface area contributed by atoms with Crippen LogP contribution in [-0.4, -0.2) is 11.9 Å². The first-order chi connectivity index (χ1) is 8.15. The summed E-state index contributed by atoms with van der Waals surface area (Å²) in [7, 11) is 0. The molecule has 0 saturated heterocycles. The van der Waals surface area contributed by atoms with Gasteiger partial charge >= 0.3 is 0 Å². The van der Waals surface area contributed by atoms with E-state index in [2.05, 4.69) is 19.2 Å². The number of carbonyl (C=O) groups is 1. The fourth-order valence-corrected chi connectivity index (χ4v) is 2.92. The molecule has 2 nitrogen and oxygen atoms in total. The van der Waals surface area contributed by atoms with Gasteiger partial charge in [0.2, 0.25) is 0 Å². The van der Waals surface area contributed by atoms with Gasteiger partial charge in [-0.15, -0.1) is 0 Å². The van der Waals surface area contributed by atoms with Gasteiger partial charge in [0.1, 0.15) is 0 Å². The molecule has 2 unspecified atom stereocenters. The van der Waals surface area contributed by atoms with Crippen molar-refractivity contribution in [2.24, 2.45) is 11.8 Å². The Bertz CT molecular complexity index is 364. The lowest BCUT2D eigenvalue weighted by Crippen LogP contribution is -2.40. The molecule has 0 aromatic heterocycles. The molecule has 0 bridgehead atoms. The maximum absolute atomic E-state index is 12.0. The SMILES string of the molecule is CC1CC(C)CC(NC(=O)c2ccccc2)C1. The van der Waals surface area contributed by atoms with Crippen LogP contribution in [0.3, 0.4) is 0 Å². The summed E-state index contributed by atoms with van der Waals surface area (Å²) >= 11 is 0.